The van der Waals surface area contributed by atoms with Crippen molar-refractivity contribution in [2.45, 2.75) is 18.1 Å². The van der Waals surface area contributed by atoms with Crippen LogP contribution in [0.1, 0.15) is 6.42 Å². The lowest BCUT2D eigenvalue weighted by molar-refractivity contribution is 0.235. The number of epoxide rings is 1. The Morgan fingerprint density at radius 3 is 2.92 bits per heavy atom. The van der Waals surface area contributed by atoms with Crippen molar-refractivity contribution < 1.29 is 20.1 Å². The first-order valence-electron chi connectivity index (χ1n) is 3.79. The van der Waals surface area contributed by atoms with Crippen LogP contribution < -0.4 is 0 Å². The largest absolute Gasteiger partial charge is 0.506 e. The van der Waals surface area contributed by atoms with Gasteiger partial charge in [-0.2, -0.15) is 0 Å². The number of aliphatic hydroxyl groups excluding tert-OH is 3. The molecular formula is C8H10O4. The number of allylic oxidation sites excluding steroid dienone is 1. The first-order valence-corrected chi connectivity index (χ1v) is 3.79. The van der Waals surface area contributed by atoms with Crippen LogP contribution in [0.5, 0.6) is 0 Å². The number of aliphatic hydroxyl groups is 3. The summed E-state index contributed by atoms with van der Waals surface area (Å²) >= 11 is 0. The van der Waals surface area contributed by atoms with Crippen LogP contribution in [-0.4, -0.2) is 33.6 Å². The molecule has 4 heteroatoms. The van der Waals surface area contributed by atoms with Crippen molar-refractivity contribution in [2.75, 3.05) is 6.61 Å². The summed E-state index contributed by atoms with van der Waals surface area (Å²) in [6.07, 6.45) is 3.07. The van der Waals surface area contributed by atoms with Crippen LogP contribution in [0.15, 0.2) is 23.7 Å². The lowest BCUT2D eigenvalue weighted by Crippen LogP contribution is -2.19. The molecule has 1 aliphatic carbocycles. The van der Waals surface area contributed by atoms with Crippen LogP contribution in [0.3, 0.4) is 0 Å². The van der Waals surface area contributed by atoms with E-state index in [9.17, 15) is 5.11 Å². The van der Waals surface area contributed by atoms with E-state index in [-0.39, 0.29) is 18.1 Å². The van der Waals surface area contributed by atoms with Crippen molar-refractivity contribution in [3.8, 4) is 0 Å². The van der Waals surface area contributed by atoms with Crippen molar-refractivity contribution >= 4 is 0 Å². The Bertz CT molecular complexity index is 268. The number of ether oxygens (including phenoxy) is 1. The van der Waals surface area contributed by atoms with Crippen molar-refractivity contribution in [3.05, 3.63) is 23.7 Å². The van der Waals surface area contributed by atoms with Gasteiger partial charge >= 0.3 is 0 Å². The minimum Gasteiger partial charge on any atom is -0.506 e. The molecule has 0 bridgehead atoms. The van der Waals surface area contributed by atoms with Gasteiger partial charge in [0, 0.05) is 13.0 Å². The first kappa shape index (κ1) is 7.64. The van der Waals surface area contributed by atoms with Crippen molar-refractivity contribution in [3.63, 3.8) is 0 Å². The fourth-order valence-electron chi connectivity index (χ4n) is 1.49. The van der Waals surface area contributed by atoms with Crippen LogP contribution in [0.2, 0.25) is 0 Å². The predicted octanol–water partition coefficient (Wildman–Crippen LogP) is 0.404. The van der Waals surface area contributed by atoms with Crippen molar-refractivity contribution in [2.24, 2.45) is 0 Å². The molecule has 0 saturated carbocycles. The SMILES string of the molecule is OCCC12C=CC(O)=C(O)C1O2. The highest BCUT2D eigenvalue weighted by molar-refractivity contribution is 5.37. The zero-order chi connectivity index (χ0) is 8.77. The van der Waals surface area contributed by atoms with Gasteiger partial charge in [0.1, 0.15) is 5.60 Å². The maximum atomic E-state index is 9.25. The van der Waals surface area contributed by atoms with Crippen LogP contribution in [0.25, 0.3) is 0 Å². The minimum absolute atomic E-state index is 0.00881. The Kier molecular flexibility index (Phi) is 1.43. The lowest BCUT2D eigenvalue weighted by Gasteiger charge is -2.09. The highest BCUT2D eigenvalue weighted by Gasteiger charge is 2.58. The second kappa shape index (κ2) is 2.24. The Morgan fingerprint density at radius 1 is 1.50 bits per heavy atom. The van der Waals surface area contributed by atoms with Gasteiger partial charge in [-0.3, -0.25) is 0 Å². The van der Waals surface area contributed by atoms with Gasteiger partial charge in [0.05, 0.1) is 0 Å². The normalized spacial score (nSPS) is 38.2. The highest BCUT2D eigenvalue weighted by Crippen LogP contribution is 2.47. The Labute approximate surface area is 69.4 Å². The smallest absolute Gasteiger partial charge is 0.166 e. The van der Waals surface area contributed by atoms with Gasteiger partial charge < -0.3 is 20.1 Å². The summed E-state index contributed by atoms with van der Waals surface area (Å²) in [5.74, 6) is -0.281. The van der Waals surface area contributed by atoms with Gasteiger partial charge in [0.25, 0.3) is 0 Å². The molecule has 66 valence electrons. The van der Waals surface area contributed by atoms with Crippen molar-refractivity contribution in [1.29, 1.82) is 0 Å². The Balaban J connectivity index is 2.19. The first-order chi connectivity index (χ1) is 5.69. The van der Waals surface area contributed by atoms with Gasteiger partial charge in [-0.25, -0.2) is 0 Å². The average molecular weight is 170 g/mol. The molecule has 1 heterocycles. The molecule has 2 unspecified atom stereocenters. The van der Waals surface area contributed by atoms with Crippen molar-refractivity contribution in [1.82, 2.24) is 0 Å². The second-order valence-corrected chi connectivity index (χ2v) is 3.03. The monoisotopic (exact) mass is 170 g/mol. The van der Waals surface area contributed by atoms with Crippen LogP contribution in [0.4, 0.5) is 0 Å². The summed E-state index contributed by atoms with van der Waals surface area (Å²) in [6, 6.07) is 0. The summed E-state index contributed by atoms with van der Waals surface area (Å²) in [4.78, 5) is 0. The molecule has 3 N–H and O–H groups in total. The van der Waals surface area contributed by atoms with Crippen LogP contribution >= 0.6 is 0 Å². The maximum Gasteiger partial charge on any atom is 0.166 e. The molecule has 1 saturated heterocycles. The van der Waals surface area contributed by atoms with E-state index in [1.54, 1.807) is 6.08 Å². The summed E-state index contributed by atoms with van der Waals surface area (Å²) in [6.45, 7) is 0.00881. The summed E-state index contributed by atoms with van der Waals surface area (Å²) in [7, 11) is 0. The molecule has 0 amide bonds. The van der Waals surface area contributed by atoms with E-state index in [2.05, 4.69) is 0 Å². The molecule has 0 aromatic carbocycles. The van der Waals surface area contributed by atoms with E-state index < -0.39 is 11.7 Å². The Morgan fingerprint density at radius 2 is 2.25 bits per heavy atom. The van der Waals surface area contributed by atoms with E-state index in [0.29, 0.717) is 6.42 Å². The van der Waals surface area contributed by atoms with Gasteiger partial charge in [0.2, 0.25) is 0 Å². The standard InChI is InChI=1S/C8H10O4/c9-4-3-8-2-1-5(10)6(11)7(8)12-8/h1-2,7,9-11H,3-4H2. The van der Waals surface area contributed by atoms with Gasteiger partial charge in [-0.15, -0.1) is 0 Å². The summed E-state index contributed by atoms with van der Waals surface area (Å²) < 4.78 is 5.17. The molecule has 0 spiro atoms. The third-order valence-electron chi connectivity index (χ3n) is 2.26. The summed E-state index contributed by atoms with van der Waals surface area (Å²) in [5, 5.41) is 27.0. The maximum absolute atomic E-state index is 9.25. The fraction of sp³-hybridized carbons (Fsp3) is 0.500. The molecule has 0 aromatic heterocycles. The highest BCUT2D eigenvalue weighted by atomic mass is 16.6. The van der Waals surface area contributed by atoms with E-state index in [0.717, 1.165) is 0 Å². The molecule has 4 nitrogen and oxygen atoms in total. The zero-order valence-corrected chi connectivity index (χ0v) is 6.40. The molecular weight excluding hydrogens is 160 g/mol. The predicted molar refractivity (Wildman–Crippen MR) is 40.7 cm³/mol. The Hall–Kier alpha value is -1.00. The molecule has 12 heavy (non-hydrogen) atoms. The van der Waals surface area contributed by atoms with Gasteiger partial charge in [-0.1, -0.05) is 0 Å². The number of hydrogen-bond acceptors (Lipinski definition) is 4. The molecule has 0 radical (unpaired) electrons. The molecule has 2 aliphatic rings. The molecule has 1 aliphatic heterocycles. The van der Waals surface area contributed by atoms with E-state index >= 15 is 0 Å². The lowest BCUT2D eigenvalue weighted by atomic mass is 9.95. The second-order valence-electron chi connectivity index (χ2n) is 3.03. The third-order valence-corrected chi connectivity index (χ3v) is 2.26. The van der Waals surface area contributed by atoms with E-state index in [1.165, 1.54) is 6.08 Å². The quantitative estimate of drug-likeness (QED) is 0.524. The summed E-state index contributed by atoms with van der Waals surface area (Å²) in [5.41, 5.74) is -0.551. The van der Waals surface area contributed by atoms with E-state index in [4.69, 9.17) is 14.9 Å². The fourth-order valence-corrected chi connectivity index (χ4v) is 1.49. The van der Waals surface area contributed by atoms with Gasteiger partial charge in [0.15, 0.2) is 17.6 Å². The van der Waals surface area contributed by atoms with E-state index in [1.807, 2.05) is 0 Å². The average Bonchev–Trinajstić information content (AvgIpc) is 2.75. The number of fused-ring (bicyclic) bond motifs is 1. The topological polar surface area (TPSA) is 73.2 Å². The number of hydrogen-bond donors (Lipinski definition) is 3. The zero-order valence-electron chi connectivity index (χ0n) is 6.40. The molecule has 2 rings (SSSR count). The molecule has 0 aromatic rings. The van der Waals surface area contributed by atoms with Crippen LogP contribution in [-0.2, 0) is 4.74 Å². The third kappa shape index (κ3) is 0.852. The van der Waals surface area contributed by atoms with Gasteiger partial charge in [-0.05, 0) is 12.2 Å². The minimum atomic E-state index is -0.551. The van der Waals surface area contributed by atoms with Crippen LogP contribution in [0, 0.1) is 0 Å². The number of rotatable bonds is 2. The molecule has 2 atom stereocenters. The molecule has 1 fully saturated rings.